The maximum Gasteiger partial charge on any atom is 0.326 e. The highest BCUT2D eigenvalue weighted by Gasteiger charge is 2.34. The average molecular weight is 418 g/mol. The number of ether oxygens (including phenoxy) is 2. The quantitative estimate of drug-likeness (QED) is 0.672. The van der Waals surface area contributed by atoms with Crippen molar-refractivity contribution in [1.82, 2.24) is 9.80 Å². The number of carboxylic acid groups (broad SMARTS) is 1. The number of carboxylic acids is 1. The molecular formula is C21H26N2O7. The number of hydrogen-bond acceptors (Lipinski definition) is 6. The average Bonchev–Trinajstić information content (AvgIpc) is 3.40. The summed E-state index contributed by atoms with van der Waals surface area (Å²) < 4.78 is 11.0. The van der Waals surface area contributed by atoms with Gasteiger partial charge in [0.25, 0.3) is 11.8 Å². The van der Waals surface area contributed by atoms with Crippen molar-refractivity contribution in [2.24, 2.45) is 0 Å². The van der Waals surface area contributed by atoms with Gasteiger partial charge in [-0.25, -0.2) is 4.79 Å². The lowest BCUT2D eigenvalue weighted by atomic mass is 10.1. The van der Waals surface area contributed by atoms with Gasteiger partial charge < -0.3 is 24.4 Å². The third kappa shape index (κ3) is 5.08. The van der Waals surface area contributed by atoms with Crippen LogP contribution in [-0.2, 0) is 19.2 Å². The normalized spacial score (nSPS) is 20.8. The molecule has 0 radical (unpaired) electrons. The van der Waals surface area contributed by atoms with Gasteiger partial charge in [-0.05, 0) is 56.9 Å². The van der Waals surface area contributed by atoms with Crippen molar-refractivity contribution in [1.29, 1.82) is 0 Å². The van der Waals surface area contributed by atoms with Crippen LogP contribution in [0.3, 0.4) is 0 Å². The van der Waals surface area contributed by atoms with Gasteiger partial charge in [-0.1, -0.05) is 0 Å². The lowest BCUT2D eigenvalue weighted by Gasteiger charge is -2.22. The molecule has 162 valence electrons. The molecule has 3 rings (SSSR count). The molecule has 0 unspecified atom stereocenters. The van der Waals surface area contributed by atoms with Crippen LogP contribution >= 0.6 is 0 Å². The molecular weight excluding hydrogens is 392 g/mol. The zero-order valence-electron chi connectivity index (χ0n) is 16.9. The number of Topliss-reactive ketones (excluding diaryl/α,β-unsaturated/α-hetero) is 1. The van der Waals surface area contributed by atoms with Gasteiger partial charge in [0.2, 0.25) is 0 Å². The number of hydrogen-bond donors (Lipinski definition) is 1. The first kappa shape index (κ1) is 21.6. The van der Waals surface area contributed by atoms with Crippen LogP contribution in [0.4, 0.5) is 0 Å². The van der Waals surface area contributed by atoms with Crippen LogP contribution in [0.1, 0.15) is 32.6 Å². The fraction of sp³-hybridized carbons (Fsp3) is 0.524. The van der Waals surface area contributed by atoms with Crippen molar-refractivity contribution in [2.75, 3.05) is 26.3 Å². The van der Waals surface area contributed by atoms with Gasteiger partial charge in [-0.2, -0.15) is 0 Å². The van der Waals surface area contributed by atoms with E-state index in [1.807, 2.05) is 0 Å². The predicted molar refractivity (Wildman–Crippen MR) is 105 cm³/mol. The van der Waals surface area contributed by atoms with Crippen LogP contribution in [0, 0.1) is 0 Å². The molecule has 0 spiro atoms. The van der Waals surface area contributed by atoms with E-state index in [9.17, 15) is 19.2 Å². The Morgan fingerprint density at radius 1 is 0.867 bits per heavy atom. The van der Waals surface area contributed by atoms with E-state index in [0.717, 1.165) is 6.42 Å². The molecule has 9 nitrogen and oxygen atoms in total. The summed E-state index contributed by atoms with van der Waals surface area (Å²) in [6.07, 6.45) is 2.62. The number of amides is 2. The fourth-order valence-electron chi connectivity index (χ4n) is 3.90. The molecule has 2 amide bonds. The number of rotatable bonds is 8. The van der Waals surface area contributed by atoms with Crippen molar-refractivity contribution < 1.29 is 33.8 Å². The van der Waals surface area contributed by atoms with Crippen LogP contribution in [0.25, 0.3) is 0 Å². The molecule has 1 aromatic carbocycles. The molecule has 1 aromatic rings. The second kappa shape index (κ2) is 9.60. The van der Waals surface area contributed by atoms with Crippen molar-refractivity contribution in [3.63, 3.8) is 0 Å². The summed E-state index contributed by atoms with van der Waals surface area (Å²) in [6.45, 7) is 2.07. The first-order valence-electron chi connectivity index (χ1n) is 10.0. The molecule has 1 N–H and O–H groups in total. The summed E-state index contributed by atoms with van der Waals surface area (Å²) in [4.78, 5) is 50.2. The summed E-state index contributed by atoms with van der Waals surface area (Å²) in [5.74, 6) is -0.704. The van der Waals surface area contributed by atoms with Gasteiger partial charge in [0.05, 0.1) is 6.04 Å². The third-order valence-electron chi connectivity index (χ3n) is 5.45. The molecule has 0 aliphatic carbocycles. The van der Waals surface area contributed by atoms with Gasteiger partial charge in [-0.3, -0.25) is 14.4 Å². The lowest BCUT2D eigenvalue weighted by molar-refractivity contribution is -0.148. The molecule has 2 aliphatic heterocycles. The number of nitrogens with zero attached hydrogens (tertiary/aromatic N) is 2. The molecule has 2 heterocycles. The Hall–Kier alpha value is -3.10. The van der Waals surface area contributed by atoms with Crippen LogP contribution in [0.2, 0.25) is 0 Å². The van der Waals surface area contributed by atoms with E-state index in [1.165, 1.54) is 11.8 Å². The molecule has 9 heteroatoms. The lowest BCUT2D eigenvalue weighted by Crippen LogP contribution is -2.42. The summed E-state index contributed by atoms with van der Waals surface area (Å²) >= 11 is 0. The SMILES string of the molecule is CC(=O)[C@H]1CCCN1C(=O)COc1ccc(OCC(=O)N2CCC[C@@H]2C(=O)O)cc1. The summed E-state index contributed by atoms with van der Waals surface area (Å²) in [5, 5.41) is 9.16. The third-order valence-corrected chi connectivity index (χ3v) is 5.45. The Balaban J connectivity index is 1.46. The van der Waals surface area contributed by atoms with Crippen LogP contribution in [0.5, 0.6) is 11.5 Å². The van der Waals surface area contributed by atoms with Crippen LogP contribution in [0.15, 0.2) is 24.3 Å². The highest BCUT2D eigenvalue weighted by Crippen LogP contribution is 2.21. The number of carbonyl (C=O) groups excluding carboxylic acids is 3. The molecule has 2 fully saturated rings. The van der Waals surface area contributed by atoms with E-state index >= 15 is 0 Å². The smallest absolute Gasteiger partial charge is 0.326 e. The Morgan fingerprint density at radius 2 is 1.30 bits per heavy atom. The first-order chi connectivity index (χ1) is 14.4. The van der Waals surface area contributed by atoms with Crippen molar-refractivity contribution in [3.8, 4) is 11.5 Å². The summed E-state index contributed by atoms with van der Waals surface area (Å²) in [7, 11) is 0. The maximum atomic E-state index is 12.3. The van der Waals surface area contributed by atoms with Crippen LogP contribution < -0.4 is 9.47 Å². The highest BCUT2D eigenvalue weighted by atomic mass is 16.5. The van der Waals surface area contributed by atoms with Crippen molar-refractivity contribution >= 4 is 23.6 Å². The standard InChI is InChI=1S/C21H26N2O7/c1-14(24)17-4-2-10-22(17)19(25)12-29-15-6-8-16(9-7-15)30-13-20(26)23-11-3-5-18(23)21(27)28/h6-9,17-18H,2-5,10-13H2,1H3,(H,27,28)/t17-,18-/m1/s1. The minimum Gasteiger partial charge on any atom is -0.484 e. The minimum atomic E-state index is -1.000. The zero-order chi connectivity index (χ0) is 21.7. The topological polar surface area (TPSA) is 113 Å². The Morgan fingerprint density at radius 3 is 1.73 bits per heavy atom. The van der Waals surface area contributed by atoms with Crippen molar-refractivity contribution in [3.05, 3.63) is 24.3 Å². The van der Waals surface area contributed by atoms with E-state index in [2.05, 4.69) is 0 Å². The number of benzene rings is 1. The number of likely N-dealkylation sites (tertiary alicyclic amines) is 2. The summed E-state index contributed by atoms with van der Waals surface area (Å²) in [6, 6.07) is 5.32. The largest absolute Gasteiger partial charge is 0.484 e. The van der Waals surface area contributed by atoms with Crippen molar-refractivity contribution in [2.45, 2.75) is 44.7 Å². The molecule has 0 aromatic heterocycles. The second-order valence-electron chi connectivity index (χ2n) is 7.49. The van der Waals surface area contributed by atoms with E-state index in [-0.39, 0.29) is 36.9 Å². The molecule has 0 saturated carbocycles. The zero-order valence-corrected chi connectivity index (χ0v) is 16.9. The highest BCUT2D eigenvalue weighted by molar-refractivity contribution is 5.88. The van der Waals surface area contributed by atoms with Gasteiger partial charge in [0.1, 0.15) is 17.5 Å². The van der Waals surface area contributed by atoms with Gasteiger partial charge >= 0.3 is 5.97 Å². The number of carbonyl (C=O) groups is 4. The molecule has 2 saturated heterocycles. The van der Waals surface area contributed by atoms with Gasteiger partial charge in [0, 0.05) is 13.1 Å². The fourth-order valence-corrected chi connectivity index (χ4v) is 3.90. The molecule has 2 aliphatic rings. The van der Waals surface area contributed by atoms with E-state index < -0.39 is 12.0 Å². The molecule has 30 heavy (non-hydrogen) atoms. The first-order valence-corrected chi connectivity index (χ1v) is 10.0. The van der Waals surface area contributed by atoms with E-state index in [4.69, 9.17) is 14.6 Å². The number of aliphatic carboxylic acids is 1. The monoisotopic (exact) mass is 418 g/mol. The second-order valence-corrected chi connectivity index (χ2v) is 7.49. The molecule has 2 atom stereocenters. The predicted octanol–water partition coefficient (Wildman–Crippen LogP) is 1.10. The molecule has 0 bridgehead atoms. The van der Waals surface area contributed by atoms with E-state index in [1.54, 1.807) is 29.2 Å². The van der Waals surface area contributed by atoms with Gasteiger partial charge in [-0.15, -0.1) is 0 Å². The number of ketones is 1. The van der Waals surface area contributed by atoms with E-state index in [0.29, 0.717) is 43.9 Å². The Kier molecular flexibility index (Phi) is 6.91. The Labute approximate surface area is 174 Å². The minimum absolute atomic E-state index is 0.0134. The van der Waals surface area contributed by atoms with Crippen LogP contribution in [-0.4, -0.2) is 76.9 Å². The summed E-state index contributed by atoms with van der Waals surface area (Å²) in [5.41, 5.74) is 0. The van der Waals surface area contributed by atoms with Gasteiger partial charge in [0.15, 0.2) is 19.0 Å². The Bertz CT molecular complexity index is 741. The maximum absolute atomic E-state index is 12.3.